The van der Waals surface area contributed by atoms with Gasteiger partial charge in [-0.1, -0.05) is 11.6 Å². The third-order valence-corrected chi connectivity index (χ3v) is 4.70. The quantitative estimate of drug-likeness (QED) is 0.782. The van der Waals surface area contributed by atoms with Gasteiger partial charge in [0.05, 0.1) is 18.8 Å². The maximum Gasteiger partial charge on any atom is 0.134 e. The lowest BCUT2D eigenvalue weighted by Crippen LogP contribution is -2.24. The molecule has 126 valence electrons. The molecule has 0 amide bonds. The predicted molar refractivity (Wildman–Crippen MR) is 92.7 cm³/mol. The molecule has 5 nitrogen and oxygen atoms in total. The van der Waals surface area contributed by atoms with Gasteiger partial charge in [0, 0.05) is 43.3 Å². The number of benzene rings is 1. The minimum Gasteiger partial charge on any atom is -0.460 e. The van der Waals surface area contributed by atoms with Crippen molar-refractivity contribution in [2.24, 2.45) is 13.0 Å². The third-order valence-electron chi connectivity index (χ3n) is 4.70. The van der Waals surface area contributed by atoms with E-state index in [4.69, 9.17) is 9.15 Å². The van der Waals surface area contributed by atoms with Gasteiger partial charge in [0.1, 0.15) is 11.3 Å². The van der Waals surface area contributed by atoms with Crippen LogP contribution in [0, 0.1) is 12.8 Å². The highest BCUT2D eigenvalue weighted by Gasteiger charge is 2.30. The number of hydrogen-bond acceptors (Lipinski definition) is 4. The molecule has 0 bridgehead atoms. The summed E-state index contributed by atoms with van der Waals surface area (Å²) < 4.78 is 13.6. The van der Waals surface area contributed by atoms with Crippen molar-refractivity contribution in [2.75, 3.05) is 13.2 Å². The van der Waals surface area contributed by atoms with Crippen LogP contribution in [0.25, 0.3) is 11.0 Å². The molecule has 3 heterocycles. The predicted octanol–water partition coefficient (Wildman–Crippen LogP) is 3.34. The fraction of sp³-hybridized carbons (Fsp3) is 0.421. The third kappa shape index (κ3) is 3.09. The number of aromatic nitrogens is 2. The van der Waals surface area contributed by atoms with Gasteiger partial charge < -0.3 is 14.5 Å². The minimum atomic E-state index is 0.143. The number of furan rings is 1. The van der Waals surface area contributed by atoms with Crippen molar-refractivity contribution < 1.29 is 9.15 Å². The Hall–Kier alpha value is -2.11. The average molecular weight is 325 g/mol. The number of ether oxygens (including phenoxy) is 1. The van der Waals surface area contributed by atoms with Crippen LogP contribution >= 0.6 is 0 Å². The molecule has 1 fully saturated rings. The Labute approximate surface area is 141 Å². The Morgan fingerprint density at radius 1 is 1.33 bits per heavy atom. The SMILES string of the molecule is Cc1ccc2oc(CNC[C@@H]3CCO[C@@H]3c3cnn(C)c3)cc2c1. The molecule has 1 aliphatic heterocycles. The summed E-state index contributed by atoms with van der Waals surface area (Å²) in [4.78, 5) is 0. The summed E-state index contributed by atoms with van der Waals surface area (Å²) in [7, 11) is 1.94. The summed E-state index contributed by atoms with van der Waals surface area (Å²) in [6.07, 6.45) is 5.17. The molecule has 5 heteroatoms. The summed E-state index contributed by atoms with van der Waals surface area (Å²) in [6.45, 7) is 4.57. The fourth-order valence-electron chi connectivity index (χ4n) is 3.48. The maximum absolute atomic E-state index is 5.91. The first-order valence-corrected chi connectivity index (χ1v) is 8.49. The molecule has 3 aromatic rings. The summed E-state index contributed by atoms with van der Waals surface area (Å²) in [5.74, 6) is 1.45. The van der Waals surface area contributed by atoms with E-state index in [1.807, 2.05) is 30.2 Å². The van der Waals surface area contributed by atoms with Gasteiger partial charge in [-0.25, -0.2) is 0 Å². The van der Waals surface area contributed by atoms with Gasteiger partial charge in [0.15, 0.2) is 0 Å². The van der Waals surface area contributed by atoms with Crippen LogP contribution in [-0.4, -0.2) is 22.9 Å². The van der Waals surface area contributed by atoms with Crippen molar-refractivity contribution in [1.82, 2.24) is 15.1 Å². The van der Waals surface area contributed by atoms with E-state index in [0.29, 0.717) is 5.92 Å². The first-order valence-electron chi connectivity index (χ1n) is 8.49. The molecule has 0 spiro atoms. The Bertz CT molecular complexity index is 836. The zero-order valence-corrected chi connectivity index (χ0v) is 14.2. The standard InChI is InChI=1S/C19H23N3O2/c1-13-3-4-18-15(7-13)8-17(24-18)11-20-9-14-5-6-23-19(14)16-10-21-22(2)12-16/h3-4,7-8,10,12,14,19-20H,5-6,9,11H2,1-2H3/t14-,19-/m0/s1. The highest BCUT2D eigenvalue weighted by atomic mass is 16.5. The maximum atomic E-state index is 5.91. The number of fused-ring (bicyclic) bond motifs is 1. The minimum absolute atomic E-state index is 0.143. The zero-order valence-electron chi connectivity index (χ0n) is 14.2. The van der Waals surface area contributed by atoms with Crippen LogP contribution in [0.15, 0.2) is 41.1 Å². The van der Waals surface area contributed by atoms with Crippen LogP contribution in [0.4, 0.5) is 0 Å². The van der Waals surface area contributed by atoms with Crippen LogP contribution < -0.4 is 5.32 Å². The zero-order chi connectivity index (χ0) is 16.5. The van der Waals surface area contributed by atoms with Crippen LogP contribution in [0.1, 0.15) is 29.4 Å². The second-order valence-electron chi connectivity index (χ2n) is 6.67. The Morgan fingerprint density at radius 3 is 3.08 bits per heavy atom. The van der Waals surface area contributed by atoms with Crippen molar-refractivity contribution in [1.29, 1.82) is 0 Å². The van der Waals surface area contributed by atoms with Gasteiger partial charge in [-0.2, -0.15) is 5.10 Å². The fourth-order valence-corrected chi connectivity index (χ4v) is 3.48. The Morgan fingerprint density at radius 2 is 2.25 bits per heavy atom. The van der Waals surface area contributed by atoms with Gasteiger partial charge in [-0.15, -0.1) is 0 Å². The number of aryl methyl sites for hydroxylation is 2. The topological polar surface area (TPSA) is 52.2 Å². The molecule has 4 rings (SSSR count). The van der Waals surface area contributed by atoms with E-state index in [-0.39, 0.29) is 6.10 Å². The summed E-state index contributed by atoms with van der Waals surface area (Å²) in [5, 5.41) is 8.95. The van der Waals surface area contributed by atoms with Crippen LogP contribution in [0.5, 0.6) is 0 Å². The highest BCUT2D eigenvalue weighted by molar-refractivity contribution is 5.78. The number of nitrogens with one attached hydrogen (secondary N) is 1. The lowest BCUT2D eigenvalue weighted by atomic mass is 9.97. The second kappa shape index (κ2) is 6.42. The molecule has 24 heavy (non-hydrogen) atoms. The van der Waals surface area contributed by atoms with Crippen molar-refractivity contribution >= 4 is 11.0 Å². The van der Waals surface area contributed by atoms with Crippen molar-refractivity contribution in [3.8, 4) is 0 Å². The molecule has 2 atom stereocenters. The lowest BCUT2D eigenvalue weighted by molar-refractivity contribution is 0.0903. The van der Waals surface area contributed by atoms with Gasteiger partial charge in [0.2, 0.25) is 0 Å². The Kier molecular flexibility index (Phi) is 4.12. The van der Waals surface area contributed by atoms with Crippen molar-refractivity contribution in [3.05, 3.63) is 53.5 Å². The van der Waals surface area contributed by atoms with Crippen LogP contribution in [0.2, 0.25) is 0 Å². The molecule has 1 saturated heterocycles. The number of nitrogens with zero attached hydrogens (tertiary/aromatic N) is 2. The second-order valence-corrected chi connectivity index (χ2v) is 6.67. The van der Waals surface area contributed by atoms with Crippen LogP contribution in [-0.2, 0) is 18.3 Å². The smallest absolute Gasteiger partial charge is 0.134 e. The first kappa shape index (κ1) is 15.4. The van der Waals surface area contributed by atoms with Gasteiger partial charge >= 0.3 is 0 Å². The molecule has 1 aliphatic rings. The molecule has 0 saturated carbocycles. The van der Waals surface area contributed by atoms with E-state index in [2.05, 4.69) is 35.5 Å². The van der Waals surface area contributed by atoms with E-state index in [9.17, 15) is 0 Å². The van der Waals surface area contributed by atoms with Gasteiger partial charge in [-0.3, -0.25) is 4.68 Å². The van der Waals surface area contributed by atoms with Crippen molar-refractivity contribution in [2.45, 2.75) is 26.0 Å². The first-order chi connectivity index (χ1) is 11.7. The number of rotatable bonds is 5. The lowest BCUT2D eigenvalue weighted by Gasteiger charge is -2.17. The molecule has 0 radical (unpaired) electrons. The summed E-state index contributed by atoms with van der Waals surface area (Å²) >= 11 is 0. The molecule has 2 aromatic heterocycles. The molecule has 0 unspecified atom stereocenters. The molecular formula is C19H23N3O2. The van der Waals surface area contributed by atoms with Crippen LogP contribution in [0.3, 0.4) is 0 Å². The average Bonchev–Trinajstić information content (AvgIpc) is 3.26. The van der Waals surface area contributed by atoms with E-state index in [0.717, 1.165) is 37.5 Å². The highest BCUT2D eigenvalue weighted by Crippen LogP contribution is 2.33. The van der Waals surface area contributed by atoms with Gasteiger partial charge in [-0.05, 0) is 31.5 Å². The molecule has 1 N–H and O–H groups in total. The van der Waals surface area contributed by atoms with E-state index < -0.39 is 0 Å². The molecule has 1 aromatic carbocycles. The van der Waals surface area contributed by atoms with Gasteiger partial charge in [0.25, 0.3) is 0 Å². The largest absolute Gasteiger partial charge is 0.460 e. The van der Waals surface area contributed by atoms with E-state index in [1.54, 1.807) is 0 Å². The summed E-state index contributed by atoms with van der Waals surface area (Å²) in [5.41, 5.74) is 3.38. The number of hydrogen-bond donors (Lipinski definition) is 1. The van der Waals surface area contributed by atoms with E-state index >= 15 is 0 Å². The summed E-state index contributed by atoms with van der Waals surface area (Å²) in [6, 6.07) is 8.40. The van der Waals surface area contributed by atoms with E-state index in [1.165, 1.54) is 16.5 Å². The monoisotopic (exact) mass is 325 g/mol. The molecule has 0 aliphatic carbocycles. The Balaban J connectivity index is 1.37. The normalized spacial score (nSPS) is 20.9. The molecular weight excluding hydrogens is 302 g/mol. The van der Waals surface area contributed by atoms with Crippen molar-refractivity contribution in [3.63, 3.8) is 0 Å².